The summed E-state index contributed by atoms with van der Waals surface area (Å²) >= 11 is 0. The minimum Gasteiger partial charge on any atom is -0.489 e. The van der Waals surface area contributed by atoms with E-state index in [0.29, 0.717) is 17.9 Å². The molecule has 3 rings (SSSR count). The van der Waals surface area contributed by atoms with E-state index in [1.807, 2.05) is 30.3 Å². The molecule has 7 heteroatoms. The smallest absolute Gasteiger partial charge is 0.336 e. The van der Waals surface area contributed by atoms with Crippen LogP contribution in [0.1, 0.15) is 36.6 Å². The summed E-state index contributed by atoms with van der Waals surface area (Å²) in [4.78, 5) is 35.6. The van der Waals surface area contributed by atoms with Crippen LogP contribution in [-0.2, 0) is 6.61 Å². The van der Waals surface area contributed by atoms with E-state index in [1.54, 1.807) is 24.3 Å². The molecule has 3 N–H and O–H groups in total. The van der Waals surface area contributed by atoms with Gasteiger partial charge in [-0.25, -0.2) is 4.79 Å². The van der Waals surface area contributed by atoms with E-state index < -0.39 is 17.8 Å². The molecule has 0 aliphatic heterocycles. The first-order valence-corrected chi connectivity index (χ1v) is 8.74. The summed E-state index contributed by atoms with van der Waals surface area (Å²) in [7, 11) is 0. The lowest BCUT2D eigenvalue weighted by Gasteiger charge is -2.10. The summed E-state index contributed by atoms with van der Waals surface area (Å²) in [6.45, 7) is 0.408. The quantitative estimate of drug-likeness (QED) is 0.561. The summed E-state index contributed by atoms with van der Waals surface area (Å²) in [6.07, 6.45) is 0. The second-order valence-corrected chi connectivity index (χ2v) is 6.06. The Kier molecular flexibility index (Phi) is 6.22. The molecule has 0 unspecified atom stereocenters. The fourth-order valence-electron chi connectivity index (χ4n) is 2.56. The Balaban J connectivity index is 1.56. The van der Waals surface area contributed by atoms with Crippen molar-refractivity contribution < 1.29 is 24.2 Å². The highest BCUT2D eigenvalue weighted by Crippen LogP contribution is 2.14. The maximum atomic E-state index is 12.2. The molecule has 3 aromatic carbocycles. The van der Waals surface area contributed by atoms with Gasteiger partial charge in [0, 0.05) is 5.56 Å². The predicted octanol–water partition coefficient (Wildman–Crippen LogP) is 3.04. The third-order valence-electron chi connectivity index (χ3n) is 4.06. The van der Waals surface area contributed by atoms with Crippen molar-refractivity contribution in [2.75, 3.05) is 0 Å². The summed E-state index contributed by atoms with van der Waals surface area (Å²) in [5.74, 6) is -1.89. The first-order valence-electron chi connectivity index (χ1n) is 8.74. The number of nitrogens with one attached hydrogen (secondary N) is 2. The molecule has 0 radical (unpaired) electrons. The summed E-state index contributed by atoms with van der Waals surface area (Å²) in [5, 5.41) is 9.13. The van der Waals surface area contributed by atoms with Gasteiger partial charge in [-0.3, -0.25) is 20.4 Å². The molecule has 0 spiro atoms. The van der Waals surface area contributed by atoms with Crippen molar-refractivity contribution in [3.05, 3.63) is 101 Å². The van der Waals surface area contributed by atoms with Crippen molar-refractivity contribution in [3.63, 3.8) is 0 Å². The Morgan fingerprint density at radius 3 is 1.97 bits per heavy atom. The Morgan fingerprint density at radius 1 is 0.724 bits per heavy atom. The van der Waals surface area contributed by atoms with Gasteiger partial charge >= 0.3 is 5.97 Å². The number of carbonyl (C=O) groups is 3. The molecule has 7 nitrogen and oxygen atoms in total. The topological polar surface area (TPSA) is 105 Å². The van der Waals surface area contributed by atoms with E-state index >= 15 is 0 Å². The third kappa shape index (κ3) is 5.20. The Bertz CT molecular complexity index is 1020. The average Bonchev–Trinajstić information content (AvgIpc) is 2.76. The van der Waals surface area contributed by atoms with Gasteiger partial charge in [0.2, 0.25) is 0 Å². The SMILES string of the molecule is O=C(NNC(=O)c1ccccc1C(=O)O)c1ccc(OCc2ccccc2)cc1. The van der Waals surface area contributed by atoms with Crippen LogP contribution in [-0.4, -0.2) is 22.9 Å². The monoisotopic (exact) mass is 390 g/mol. The van der Waals surface area contributed by atoms with Crippen LogP contribution >= 0.6 is 0 Å². The highest BCUT2D eigenvalue weighted by molar-refractivity contribution is 6.05. The van der Waals surface area contributed by atoms with Crippen molar-refractivity contribution in [2.24, 2.45) is 0 Å². The van der Waals surface area contributed by atoms with Crippen LogP contribution in [0, 0.1) is 0 Å². The number of carboxylic acid groups (broad SMARTS) is 1. The maximum Gasteiger partial charge on any atom is 0.336 e. The van der Waals surface area contributed by atoms with E-state index in [9.17, 15) is 14.4 Å². The van der Waals surface area contributed by atoms with Gasteiger partial charge in [-0.2, -0.15) is 0 Å². The van der Waals surface area contributed by atoms with E-state index in [2.05, 4.69) is 10.9 Å². The molecule has 0 bridgehead atoms. The molecule has 3 aromatic rings. The molecule has 0 aliphatic carbocycles. The van der Waals surface area contributed by atoms with E-state index in [0.717, 1.165) is 5.56 Å². The van der Waals surface area contributed by atoms with Crippen LogP contribution in [0.2, 0.25) is 0 Å². The van der Waals surface area contributed by atoms with Crippen LogP contribution in [0.4, 0.5) is 0 Å². The van der Waals surface area contributed by atoms with Gasteiger partial charge in [-0.1, -0.05) is 42.5 Å². The number of aromatic carboxylic acids is 1. The second kappa shape index (κ2) is 9.18. The highest BCUT2D eigenvalue weighted by Gasteiger charge is 2.16. The van der Waals surface area contributed by atoms with E-state index in [1.165, 1.54) is 24.3 Å². The van der Waals surface area contributed by atoms with E-state index in [-0.39, 0.29) is 11.1 Å². The minimum atomic E-state index is -1.23. The number of carboxylic acids is 1. The van der Waals surface area contributed by atoms with Gasteiger partial charge in [0.15, 0.2) is 0 Å². The lowest BCUT2D eigenvalue weighted by molar-refractivity contribution is 0.0690. The van der Waals surface area contributed by atoms with Gasteiger partial charge in [-0.15, -0.1) is 0 Å². The van der Waals surface area contributed by atoms with Crippen LogP contribution in [0.5, 0.6) is 5.75 Å². The fraction of sp³-hybridized carbons (Fsp3) is 0.0455. The Morgan fingerprint density at radius 2 is 1.31 bits per heavy atom. The van der Waals surface area contributed by atoms with Crippen LogP contribution in [0.25, 0.3) is 0 Å². The summed E-state index contributed by atoms with van der Waals surface area (Å²) < 4.78 is 5.66. The van der Waals surface area contributed by atoms with Gasteiger partial charge in [-0.05, 0) is 42.0 Å². The molecule has 2 amide bonds. The molecule has 0 aromatic heterocycles. The summed E-state index contributed by atoms with van der Waals surface area (Å²) in [5.41, 5.74) is 5.62. The number of amides is 2. The third-order valence-corrected chi connectivity index (χ3v) is 4.06. The number of benzene rings is 3. The maximum absolute atomic E-state index is 12.2. The largest absolute Gasteiger partial charge is 0.489 e. The average molecular weight is 390 g/mol. The van der Waals surface area contributed by atoms with Crippen molar-refractivity contribution in [3.8, 4) is 5.75 Å². The molecule has 146 valence electrons. The van der Waals surface area contributed by atoms with Crippen molar-refractivity contribution in [1.29, 1.82) is 0 Å². The Hall–Kier alpha value is -4.13. The molecule has 0 fully saturated rings. The summed E-state index contributed by atoms with van der Waals surface area (Å²) in [6, 6.07) is 21.8. The van der Waals surface area contributed by atoms with Crippen molar-refractivity contribution >= 4 is 17.8 Å². The van der Waals surface area contributed by atoms with Crippen LogP contribution in [0.3, 0.4) is 0 Å². The number of hydrogen-bond donors (Lipinski definition) is 3. The molecule has 29 heavy (non-hydrogen) atoms. The minimum absolute atomic E-state index is 0.0510. The lowest BCUT2D eigenvalue weighted by atomic mass is 10.1. The van der Waals surface area contributed by atoms with Gasteiger partial charge < -0.3 is 9.84 Å². The molecular weight excluding hydrogens is 372 g/mol. The van der Waals surface area contributed by atoms with Crippen molar-refractivity contribution in [2.45, 2.75) is 6.61 Å². The van der Waals surface area contributed by atoms with Gasteiger partial charge in [0.25, 0.3) is 11.8 Å². The van der Waals surface area contributed by atoms with E-state index in [4.69, 9.17) is 9.84 Å². The van der Waals surface area contributed by atoms with Gasteiger partial charge in [0.1, 0.15) is 12.4 Å². The highest BCUT2D eigenvalue weighted by atomic mass is 16.5. The molecule has 0 saturated heterocycles. The second-order valence-electron chi connectivity index (χ2n) is 6.06. The van der Waals surface area contributed by atoms with Crippen LogP contribution < -0.4 is 15.6 Å². The first kappa shape index (κ1) is 19.6. The molecule has 0 heterocycles. The Labute approximate surface area is 166 Å². The fourth-order valence-corrected chi connectivity index (χ4v) is 2.56. The lowest BCUT2D eigenvalue weighted by Crippen LogP contribution is -2.42. The van der Waals surface area contributed by atoms with Crippen molar-refractivity contribution in [1.82, 2.24) is 10.9 Å². The zero-order valence-corrected chi connectivity index (χ0v) is 15.3. The molecule has 0 saturated carbocycles. The number of hydrazine groups is 1. The number of carbonyl (C=O) groups excluding carboxylic acids is 2. The zero-order chi connectivity index (χ0) is 20.6. The molecule has 0 aliphatic rings. The zero-order valence-electron chi connectivity index (χ0n) is 15.3. The van der Waals surface area contributed by atoms with Crippen LogP contribution in [0.15, 0.2) is 78.9 Å². The standard InChI is InChI=1S/C22H18N2O5/c25-20(23-24-21(26)18-8-4-5-9-19(18)22(27)28)16-10-12-17(13-11-16)29-14-15-6-2-1-3-7-15/h1-13H,14H2,(H,23,25)(H,24,26)(H,27,28). The normalized spacial score (nSPS) is 10.1. The number of rotatable bonds is 6. The van der Waals surface area contributed by atoms with Gasteiger partial charge in [0.05, 0.1) is 11.1 Å². The first-order chi connectivity index (χ1) is 14.0. The number of ether oxygens (including phenoxy) is 1. The number of hydrogen-bond acceptors (Lipinski definition) is 4. The molecule has 0 atom stereocenters. The molecular formula is C22H18N2O5. The predicted molar refractivity (Wildman–Crippen MR) is 106 cm³/mol.